The fourth-order valence-electron chi connectivity index (χ4n) is 3.84. The average Bonchev–Trinajstić information content (AvgIpc) is 3.12. The second-order valence-corrected chi connectivity index (χ2v) is 10.4. The number of hydrogen-bond donors (Lipinski definition) is 0. The largest absolute Gasteiger partial charge is 0.417 e. The van der Waals surface area contributed by atoms with Gasteiger partial charge in [0.15, 0.2) is 0 Å². The number of anilines is 1. The molecule has 0 N–H and O–H groups in total. The number of nitrogens with zero attached hydrogens (tertiary/aromatic N) is 3. The van der Waals surface area contributed by atoms with Crippen molar-refractivity contribution < 1.29 is 22.8 Å². The summed E-state index contributed by atoms with van der Waals surface area (Å²) in [6, 6.07) is 9.46. The van der Waals surface area contributed by atoms with Gasteiger partial charge in [0.1, 0.15) is 0 Å². The average molecular weight is 577 g/mol. The van der Waals surface area contributed by atoms with E-state index in [4.69, 9.17) is 11.6 Å². The number of rotatable bonds is 7. The number of hydrazone groups is 1. The van der Waals surface area contributed by atoms with Gasteiger partial charge < -0.3 is 0 Å². The number of carbonyl (C=O) groups excluding carboxylic acids is 2. The molecule has 34 heavy (non-hydrogen) atoms. The molecule has 0 radical (unpaired) electrons. The maximum absolute atomic E-state index is 13.2. The van der Waals surface area contributed by atoms with Crippen LogP contribution in [0.3, 0.4) is 0 Å². The van der Waals surface area contributed by atoms with Gasteiger partial charge in [-0.05, 0) is 66.8 Å². The Balaban J connectivity index is 1.98. The number of alkyl halides is 3. The number of urea groups is 1. The lowest BCUT2D eigenvalue weighted by atomic mass is 9.78. The van der Waals surface area contributed by atoms with Crippen LogP contribution in [0.2, 0.25) is 5.02 Å². The molecule has 0 aromatic heterocycles. The number of amides is 3. The van der Waals surface area contributed by atoms with Gasteiger partial charge in [-0.1, -0.05) is 40.5 Å². The molecule has 0 aliphatic carbocycles. The lowest BCUT2D eigenvalue weighted by Crippen LogP contribution is -2.41. The van der Waals surface area contributed by atoms with Crippen molar-refractivity contribution in [3.05, 3.63) is 63.1 Å². The summed E-state index contributed by atoms with van der Waals surface area (Å²) >= 11 is 11.0. The zero-order valence-corrected chi connectivity index (χ0v) is 21.6. The molecular weight excluding hydrogens is 555 g/mol. The summed E-state index contributed by atoms with van der Waals surface area (Å²) in [7, 11) is 0. The second kappa shape index (κ2) is 10.7. The minimum absolute atomic E-state index is 0.176. The number of imide groups is 1. The van der Waals surface area contributed by atoms with Crippen LogP contribution in [0, 0.1) is 5.41 Å². The van der Waals surface area contributed by atoms with Crippen LogP contribution in [0.1, 0.15) is 30.9 Å². The molecule has 0 saturated heterocycles. The van der Waals surface area contributed by atoms with Crippen molar-refractivity contribution in [3.63, 3.8) is 0 Å². The summed E-state index contributed by atoms with van der Waals surface area (Å²) in [4.78, 5) is 26.0. The van der Waals surface area contributed by atoms with E-state index in [0.717, 1.165) is 27.6 Å². The van der Waals surface area contributed by atoms with Crippen molar-refractivity contribution in [3.8, 4) is 0 Å². The second-order valence-electron chi connectivity index (χ2n) is 8.09. The van der Waals surface area contributed by atoms with Crippen LogP contribution < -0.4 is 4.90 Å². The van der Waals surface area contributed by atoms with Crippen LogP contribution in [0.5, 0.6) is 0 Å². The van der Waals surface area contributed by atoms with E-state index in [-0.39, 0.29) is 6.54 Å². The molecule has 0 bridgehead atoms. The standard InChI is InChI=1S/C23H22BrClF3N3O2S/c1-22(10-3-11-34-2)13-31(21(33)30(14-32)17-7-5-16(24)6-8-17)29-20(22)15-4-9-18(19(25)12-15)23(26,27)28/h4-9,12,14H,3,10-11,13H2,1-2H3. The minimum Gasteiger partial charge on any atom is -0.278 e. The van der Waals surface area contributed by atoms with Crippen LogP contribution in [-0.2, 0) is 11.0 Å². The van der Waals surface area contributed by atoms with Gasteiger partial charge in [-0.15, -0.1) is 0 Å². The van der Waals surface area contributed by atoms with Crippen molar-refractivity contribution in [2.75, 3.05) is 23.5 Å². The number of carbonyl (C=O) groups is 2. The maximum Gasteiger partial charge on any atom is 0.417 e. The smallest absolute Gasteiger partial charge is 0.278 e. The first-order valence-electron chi connectivity index (χ1n) is 10.3. The zero-order valence-electron chi connectivity index (χ0n) is 18.4. The van der Waals surface area contributed by atoms with Crippen LogP contribution >= 0.6 is 39.3 Å². The van der Waals surface area contributed by atoms with Crippen molar-refractivity contribution in [1.82, 2.24) is 5.01 Å². The van der Waals surface area contributed by atoms with E-state index in [0.29, 0.717) is 29.8 Å². The highest BCUT2D eigenvalue weighted by atomic mass is 79.9. The molecule has 3 amide bonds. The van der Waals surface area contributed by atoms with Gasteiger partial charge in [0.05, 0.1) is 28.5 Å². The summed E-state index contributed by atoms with van der Waals surface area (Å²) in [5.74, 6) is 0.879. The molecule has 182 valence electrons. The Morgan fingerprint density at radius 1 is 1.29 bits per heavy atom. The van der Waals surface area contributed by atoms with E-state index in [1.54, 1.807) is 36.0 Å². The molecule has 2 aromatic carbocycles. The number of thioether (sulfide) groups is 1. The normalized spacial score (nSPS) is 18.1. The van der Waals surface area contributed by atoms with E-state index in [1.807, 2.05) is 13.2 Å². The summed E-state index contributed by atoms with van der Waals surface area (Å²) in [6.07, 6.45) is -0.714. The maximum atomic E-state index is 13.2. The van der Waals surface area contributed by atoms with E-state index in [1.165, 1.54) is 17.1 Å². The predicted molar refractivity (Wildman–Crippen MR) is 134 cm³/mol. The van der Waals surface area contributed by atoms with Crippen molar-refractivity contribution >= 4 is 63.1 Å². The highest BCUT2D eigenvalue weighted by Crippen LogP contribution is 2.40. The van der Waals surface area contributed by atoms with Crippen molar-refractivity contribution in [2.24, 2.45) is 10.5 Å². The molecule has 0 saturated carbocycles. The molecule has 1 aliphatic rings. The van der Waals surface area contributed by atoms with Gasteiger partial charge in [-0.2, -0.15) is 30.0 Å². The van der Waals surface area contributed by atoms with Gasteiger partial charge in [-0.25, -0.2) is 14.7 Å². The highest BCUT2D eigenvalue weighted by Gasteiger charge is 2.43. The first-order chi connectivity index (χ1) is 16.0. The van der Waals surface area contributed by atoms with Crippen LogP contribution in [0.4, 0.5) is 23.7 Å². The van der Waals surface area contributed by atoms with Gasteiger partial charge in [0.25, 0.3) is 0 Å². The Labute approximate surface area is 213 Å². The molecule has 1 heterocycles. The number of benzene rings is 2. The summed E-state index contributed by atoms with van der Waals surface area (Å²) < 4.78 is 40.3. The quantitative estimate of drug-likeness (QED) is 0.262. The molecule has 0 fully saturated rings. The van der Waals surface area contributed by atoms with Crippen LogP contribution in [-0.4, -0.2) is 41.7 Å². The van der Waals surface area contributed by atoms with E-state index in [2.05, 4.69) is 21.0 Å². The molecule has 3 rings (SSSR count). The van der Waals surface area contributed by atoms with Crippen molar-refractivity contribution in [2.45, 2.75) is 25.9 Å². The molecular formula is C23H22BrClF3N3O2S. The fraction of sp³-hybridized carbons (Fsp3) is 0.348. The van der Waals surface area contributed by atoms with Gasteiger partial charge in [0, 0.05) is 9.89 Å². The molecule has 1 atom stereocenters. The molecule has 1 aliphatic heterocycles. The molecule has 0 spiro atoms. The third-order valence-corrected chi connectivity index (χ3v) is 7.09. The number of hydrogen-bond acceptors (Lipinski definition) is 4. The Morgan fingerprint density at radius 3 is 2.53 bits per heavy atom. The third-order valence-electron chi connectivity index (χ3n) is 5.55. The predicted octanol–water partition coefficient (Wildman–Crippen LogP) is 7.07. The summed E-state index contributed by atoms with van der Waals surface area (Å²) in [5, 5.41) is 5.23. The lowest BCUT2D eigenvalue weighted by molar-refractivity contribution is -0.137. The van der Waals surface area contributed by atoms with Crippen LogP contribution in [0.25, 0.3) is 0 Å². The summed E-state index contributed by atoms with van der Waals surface area (Å²) in [5.41, 5.74) is -0.340. The van der Waals surface area contributed by atoms with E-state index in [9.17, 15) is 22.8 Å². The monoisotopic (exact) mass is 575 g/mol. The Morgan fingerprint density at radius 2 is 1.97 bits per heavy atom. The lowest BCUT2D eigenvalue weighted by Gasteiger charge is -2.27. The zero-order chi connectivity index (χ0) is 25.1. The Kier molecular flexibility index (Phi) is 8.36. The van der Waals surface area contributed by atoms with Gasteiger partial charge in [0.2, 0.25) is 6.41 Å². The van der Waals surface area contributed by atoms with Gasteiger partial charge in [-0.3, -0.25) is 4.79 Å². The third kappa shape index (κ3) is 5.78. The Bertz CT molecular complexity index is 1100. The topological polar surface area (TPSA) is 53.0 Å². The molecule has 11 heteroatoms. The van der Waals surface area contributed by atoms with Crippen LogP contribution in [0.15, 0.2) is 52.0 Å². The summed E-state index contributed by atoms with van der Waals surface area (Å²) in [6.45, 7) is 2.09. The minimum atomic E-state index is -4.58. The van der Waals surface area contributed by atoms with Gasteiger partial charge >= 0.3 is 12.2 Å². The first kappa shape index (κ1) is 26.6. The molecule has 1 unspecified atom stereocenters. The highest BCUT2D eigenvalue weighted by molar-refractivity contribution is 9.10. The van der Waals surface area contributed by atoms with E-state index < -0.39 is 28.2 Å². The molecule has 2 aromatic rings. The van der Waals surface area contributed by atoms with Crippen molar-refractivity contribution in [1.29, 1.82) is 0 Å². The fourth-order valence-corrected chi connectivity index (χ4v) is 4.82. The Hall–Kier alpha value is -2.04. The SMILES string of the molecule is CSCCCC1(C)CN(C(=O)N(C=O)c2ccc(Br)cc2)N=C1c1ccc(C(F)(F)F)c(Cl)c1. The van der Waals surface area contributed by atoms with E-state index >= 15 is 0 Å². The molecule has 5 nitrogen and oxygen atoms in total. The first-order valence-corrected chi connectivity index (χ1v) is 12.8. The number of halogens is 5.